The molecule has 6 nitrogen and oxygen atoms in total. The van der Waals surface area contributed by atoms with Crippen molar-refractivity contribution in [3.05, 3.63) is 41.3 Å². The lowest BCUT2D eigenvalue weighted by Crippen LogP contribution is -2.18. The Morgan fingerprint density at radius 3 is 2.87 bits per heavy atom. The zero-order valence-corrected chi connectivity index (χ0v) is 14.5. The summed E-state index contributed by atoms with van der Waals surface area (Å²) in [5.41, 5.74) is 9.12. The first-order chi connectivity index (χ1) is 11.1. The quantitative estimate of drug-likeness (QED) is 0.853. The largest absolute Gasteiger partial charge is 0.377 e. The Bertz CT molecular complexity index is 723. The van der Waals surface area contributed by atoms with Gasteiger partial charge in [-0.05, 0) is 31.9 Å². The number of nitrogens with zero attached hydrogens (tertiary/aromatic N) is 5. The molecule has 2 aromatic rings. The fourth-order valence-electron chi connectivity index (χ4n) is 2.63. The number of nitrogens with two attached hydrogens (primary N) is 1. The lowest BCUT2D eigenvalue weighted by molar-refractivity contribution is 0.597. The van der Waals surface area contributed by atoms with Crippen LogP contribution in [0, 0.1) is 6.92 Å². The van der Waals surface area contributed by atoms with Crippen LogP contribution in [-0.2, 0) is 13.0 Å². The number of anilines is 1. The molecule has 1 aliphatic rings. The number of aromatic nitrogens is 3. The van der Waals surface area contributed by atoms with Crippen molar-refractivity contribution in [3.63, 3.8) is 0 Å². The van der Waals surface area contributed by atoms with Crippen molar-refractivity contribution in [2.45, 2.75) is 46.3 Å². The van der Waals surface area contributed by atoms with E-state index in [4.69, 9.17) is 10.7 Å². The number of hydrogen-bond donors (Lipinski definition) is 1. The van der Waals surface area contributed by atoms with E-state index in [1.807, 2.05) is 29.8 Å². The van der Waals surface area contributed by atoms with E-state index in [9.17, 15) is 0 Å². The van der Waals surface area contributed by atoms with Crippen molar-refractivity contribution in [1.29, 1.82) is 0 Å². The van der Waals surface area contributed by atoms with Crippen LogP contribution in [0.5, 0.6) is 0 Å². The lowest BCUT2D eigenvalue weighted by Gasteiger charge is -2.22. The minimum absolute atomic E-state index is 0.176. The van der Waals surface area contributed by atoms with E-state index in [0.717, 1.165) is 42.2 Å². The van der Waals surface area contributed by atoms with Crippen molar-refractivity contribution in [2.24, 2.45) is 10.7 Å². The van der Waals surface area contributed by atoms with Crippen LogP contribution in [0.2, 0.25) is 0 Å². The van der Waals surface area contributed by atoms with Gasteiger partial charge in [0.1, 0.15) is 5.82 Å². The lowest BCUT2D eigenvalue weighted by atomic mass is 10.2. The average molecular weight is 330 g/mol. The van der Waals surface area contributed by atoms with Crippen LogP contribution in [-0.4, -0.2) is 19.9 Å². The molecule has 0 aliphatic carbocycles. The van der Waals surface area contributed by atoms with E-state index in [-0.39, 0.29) is 6.17 Å². The average Bonchev–Trinajstić information content (AvgIpc) is 3.10. The maximum Gasteiger partial charge on any atom is 0.177 e. The molecule has 23 heavy (non-hydrogen) atoms. The third kappa shape index (κ3) is 3.19. The van der Waals surface area contributed by atoms with Gasteiger partial charge in [-0.3, -0.25) is 8.99 Å². The monoisotopic (exact) mass is 330 g/mol. The number of pyridine rings is 1. The molecule has 0 saturated heterocycles. The Labute approximate surface area is 140 Å². The molecule has 0 radical (unpaired) electrons. The van der Waals surface area contributed by atoms with Gasteiger partial charge in [0.2, 0.25) is 0 Å². The van der Waals surface area contributed by atoms with Gasteiger partial charge >= 0.3 is 0 Å². The fraction of sp³-hybridized carbons (Fsp3) is 0.438. The Morgan fingerprint density at radius 1 is 1.30 bits per heavy atom. The van der Waals surface area contributed by atoms with E-state index in [1.54, 1.807) is 0 Å². The summed E-state index contributed by atoms with van der Waals surface area (Å²) < 4.78 is 4.04. The highest BCUT2D eigenvalue weighted by atomic mass is 32.2. The summed E-state index contributed by atoms with van der Waals surface area (Å²) in [6.45, 7) is 7.17. The van der Waals surface area contributed by atoms with Crippen molar-refractivity contribution < 1.29 is 0 Å². The molecule has 0 amide bonds. The zero-order valence-electron chi connectivity index (χ0n) is 13.7. The first-order valence-electron chi connectivity index (χ1n) is 7.92. The molecule has 1 unspecified atom stereocenters. The maximum atomic E-state index is 5.99. The van der Waals surface area contributed by atoms with Crippen LogP contribution in [0.25, 0.3) is 0 Å². The summed E-state index contributed by atoms with van der Waals surface area (Å²) in [5, 5.41) is 5.14. The number of hydrogen-bond acceptors (Lipinski definition) is 6. The predicted octanol–water partition coefficient (Wildman–Crippen LogP) is 3.04. The number of aliphatic imine (C=N–C) groups is 1. The van der Waals surface area contributed by atoms with E-state index >= 15 is 0 Å². The van der Waals surface area contributed by atoms with Gasteiger partial charge in [0, 0.05) is 35.9 Å². The van der Waals surface area contributed by atoms with Crippen LogP contribution in [0.3, 0.4) is 0 Å². The molecule has 122 valence electrons. The summed E-state index contributed by atoms with van der Waals surface area (Å²) in [6.07, 6.45) is 3.85. The summed E-state index contributed by atoms with van der Waals surface area (Å²) in [5.74, 6) is 0.881. The molecule has 0 spiro atoms. The molecular weight excluding hydrogens is 308 g/mol. The molecule has 1 atom stereocenters. The zero-order chi connectivity index (χ0) is 16.4. The fourth-order valence-corrected chi connectivity index (χ4v) is 3.44. The van der Waals surface area contributed by atoms with E-state index in [2.05, 4.69) is 34.4 Å². The van der Waals surface area contributed by atoms with Gasteiger partial charge in [0.15, 0.2) is 11.3 Å². The van der Waals surface area contributed by atoms with Gasteiger partial charge in [-0.25, -0.2) is 9.98 Å². The molecular formula is C16H22N6S. The summed E-state index contributed by atoms with van der Waals surface area (Å²) in [4.78, 5) is 9.30. The normalized spacial score (nSPS) is 17.6. The number of amidine groups is 1. The summed E-state index contributed by atoms with van der Waals surface area (Å²) in [6, 6.07) is 6.06. The second-order valence-electron chi connectivity index (χ2n) is 5.53. The Hall–Kier alpha value is -2.02. The van der Waals surface area contributed by atoms with Crippen molar-refractivity contribution in [1.82, 2.24) is 14.8 Å². The number of aryl methyl sites for hydroxylation is 3. The van der Waals surface area contributed by atoms with Crippen LogP contribution in [0.15, 0.2) is 29.4 Å². The van der Waals surface area contributed by atoms with Crippen LogP contribution in [0.1, 0.15) is 43.4 Å². The van der Waals surface area contributed by atoms with Gasteiger partial charge in [-0.2, -0.15) is 5.10 Å². The Kier molecular flexibility index (Phi) is 4.56. The highest BCUT2D eigenvalue weighted by Gasteiger charge is 2.31. The first-order valence-corrected chi connectivity index (χ1v) is 8.70. The van der Waals surface area contributed by atoms with Crippen LogP contribution >= 0.6 is 11.9 Å². The minimum atomic E-state index is -0.176. The van der Waals surface area contributed by atoms with Gasteiger partial charge in [-0.15, -0.1) is 0 Å². The second kappa shape index (κ2) is 6.62. The molecule has 0 saturated carbocycles. The molecule has 2 aromatic heterocycles. The van der Waals surface area contributed by atoms with Crippen molar-refractivity contribution in [2.75, 3.05) is 4.31 Å². The smallest absolute Gasteiger partial charge is 0.177 e. The van der Waals surface area contributed by atoms with Crippen molar-refractivity contribution >= 4 is 22.9 Å². The molecule has 2 N–H and O–H groups in total. The van der Waals surface area contributed by atoms with E-state index in [1.165, 1.54) is 11.9 Å². The standard InChI is InChI=1S/C16H22N6S/c1-4-9-21-10-13(11(3)20-21)15-19-16(17)23-22(15)14-8-6-7-12(5-2)18-14/h6-8,10,15H,4-5,9H2,1-3H3,(H2,17,19). The van der Waals surface area contributed by atoms with Gasteiger partial charge in [-0.1, -0.05) is 19.9 Å². The van der Waals surface area contributed by atoms with E-state index in [0.29, 0.717) is 5.17 Å². The van der Waals surface area contributed by atoms with Crippen LogP contribution < -0.4 is 10.0 Å². The molecule has 0 bridgehead atoms. The number of rotatable bonds is 5. The highest BCUT2D eigenvalue weighted by molar-refractivity contribution is 8.15. The summed E-state index contributed by atoms with van der Waals surface area (Å²) in [7, 11) is 0. The molecule has 0 aromatic carbocycles. The second-order valence-corrected chi connectivity index (χ2v) is 6.53. The van der Waals surface area contributed by atoms with Gasteiger partial charge in [0.25, 0.3) is 0 Å². The van der Waals surface area contributed by atoms with E-state index < -0.39 is 0 Å². The predicted molar refractivity (Wildman–Crippen MR) is 95.3 cm³/mol. The van der Waals surface area contributed by atoms with Crippen molar-refractivity contribution in [3.8, 4) is 0 Å². The Balaban J connectivity index is 1.95. The SMILES string of the molecule is CCCn1cc(C2N=C(N)SN2c2cccc(CC)n2)c(C)n1. The Morgan fingerprint density at radius 2 is 2.13 bits per heavy atom. The molecule has 1 aliphatic heterocycles. The molecule has 7 heteroatoms. The third-order valence-corrected chi connectivity index (χ3v) is 4.63. The molecule has 3 rings (SSSR count). The highest BCUT2D eigenvalue weighted by Crippen LogP contribution is 2.39. The first kappa shape index (κ1) is 15.9. The van der Waals surface area contributed by atoms with Gasteiger partial charge < -0.3 is 5.73 Å². The topological polar surface area (TPSA) is 72.3 Å². The summed E-state index contributed by atoms with van der Waals surface area (Å²) >= 11 is 1.43. The van der Waals surface area contributed by atoms with Gasteiger partial charge in [0.05, 0.1) is 5.69 Å². The molecule has 3 heterocycles. The third-order valence-electron chi connectivity index (χ3n) is 3.76. The minimum Gasteiger partial charge on any atom is -0.377 e. The molecule has 0 fully saturated rings. The van der Waals surface area contributed by atoms with Crippen LogP contribution in [0.4, 0.5) is 5.82 Å². The maximum absolute atomic E-state index is 5.99.